The maximum Gasteiger partial charge on any atom is 0.0754 e. The Hall–Kier alpha value is -1.06. The molecule has 2 heterocycles. The molecule has 1 aromatic carbocycles. The molecule has 110 valence electrons. The van der Waals surface area contributed by atoms with Crippen LogP contribution in [0.2, 0.25) is 0 Å². The lowest BCUT2D eigenvalue weighted by atomic mass is 9.96. The molecule has 2 aliphatic rings. The van der Waals surface area contributed by atoms with Gasteiger partial charge in [-0.15, -0.1) is 0 Å². The standard InChI is InChI=1S/C17H26N2O/c1-12-5-7-16(20-12)11-19-9-3-4-15-10-14(13(2)18)6-8-17(15)19/h6,8,10,12-13,16H,3-5,7,9,11,18H2,1-2H3. The van der Waals surface area contributed by atoms with Gasteiger partial charge in [0.1, 0.15) is 0 Å². The Labute approximate surface area is 122 Å². The van der Waals surface area contributed by atoms with Crippen LogP contribution < -0.4 is 10.6 Å². The van der Waals surface area contributed by atoms with Crippen molar-refractivity contribution in [1.82, 2.24) is 0 Å². The molecule has 1 saturated heterocycles. The summed E-state index contributed by atoms with van der Waals surface area (Å²) >= 11 is 0. The van der Waals surface area contributed by atoms with E-state index in [0.717, 1.165) is 13.1 Å². The molecule has 3 unspecified atom stereocenters. The summed E-state index contributed by atoms with van der Waals surface area (Å²) in [5.41, 5.74) is 10.1. The first kappa shape index (κ1) is 13.9. The average molecular weight is 274 g/mol. The quantitative estimate of drug-likeness (QED) is 0.920. The Morgan fingerprint density at radius 1 is 1.40 bits per heavy atom. The average Bonchev–Trinajstić information content (AvgIpc) is 2.84. The number of nitrogens with two attached hydrogens (primary N) is 1. The summed E-state index contributed by atoms with van der Waals surface area (Å²) in [6.45, 7) is 6.42. The second kappa shape index (κ2) is 5.74. The van der Waals surface area contributed by atoms with Crippen molar-refractivity contribution < 1.29 is 4.74 Å². The number of rotatable bonds is 3. The molecule has 2 N–H and O–H groups in total. The van der Waals surface area contributed by atoms with Gasteiger partial charge in [0.05, 0.1) is 12.2 Å². The van der Waals surface area contributed by atoms with E-state index < -0.39 is 0 Å². The monoisotopic (exact) mass is 274 g/mol. The minimum Gasteiger partial charge on any atom is -0.373 e. The second-order valence-electron chi connectivity index (χ2n) is 6.37. The van der Waals surface area contributed by atoms with E-state index in [0.29, 0.717) is 12.2 Å². The third kappa shape index (κ3) is 2.84. The van der Waals surface area contributed by atoms with Crippen LogP contribution in [0.25, 0.3) is 0 Å². The smallest absolute Gasteiger partial charge is 0.0754 e. The molecule has 20 heavy (non-hydrogen) atoms. The van der Waals surface area contributed by atoms with Crippen LogP contribution in [0.15, 0.2) is 18.2 Å². The number of hydrogen-bond acceptors (Lipinski definition) is 3. The van der Waals surface area contributed by atoms with E-state index >= 15 is 0 Å². The minimum absolute atomic E-state index is 0.120. The second-order valence-corrected chi connectivity index (χ2v) is 6.37. The molecule has 3 heteroatoms. The van der Waals surface area contributed by atoms with Crippen molar-refractivity contribution >= 4 is 5.69 Å². The van der Waals surface area contributed by atoms with Gasteiger partial charge in [0, 0.05) is 24.8 Å². The van der Waals surface area contributed by atoms with Crippen molar-refractivity contribution in [2.45, 2.75) is 57.8 Å². The van der Waals surface area contributed by atoms with Gasteiger partial charge >= 0.3 is 0 Å². The minimum atomic E-state index is 0.120. The van der Waals surface area contributed by atoms with Crippen molar-refractivity contribution in [1.29, 1.82) is 0 Å². The Balaban J connectivity index is 1.76. The summed E-state index contributed by atoms with van der Waals surface area (Å²) in [5, 5.41) is 0. The molecule has 1 aromatic rings. The number of ether oxygens (including phenoxy) is 1. The van der Waals surface area contributed by atoms with Gasteiger partial charge < -0.3 is 15.4 Å². The molecule has 0 amide bonds. The molecule has 0 bridgehead atoms. The fourth-order valence-electron chi connectivity index (χ4n) is 3.43. The first-order chi connectivity index (χ1) is 9.63. The highest BCUT2D eigenvalue weighted by molar-refractivity contribution is 5.57. The van der Waals surface area contributed by atoms with Crippen LogP contribution in [0.5, 0.6) is 0 Å². The zero-order chi connectivity index (χ0) is 14.1. The highest BCUT2D eigenvalue weighted by Gasteiger charge is 2.26. The first-order valence-corrected chi connectivity index (χ1v) is 7.92. The summed E-state index contributed by atoms with van der Waals surface area (Å²) < 4.78 is 5.98. The van der Waals surface area contributed by atoms with Gasteiger partial charge in [0.2, 0.25) is 0 Å². The highest BCUT2D eigenvalue weighted by Crippen LogP contribution is 2.31. The predicted octanol–water partition coefficient (Wildman–Crippen LogP) is 3.03. The van der Waals surface area contributed by atoms with E-state index in [2.05, 4.69) is 36.9 Å². The van der Waals surface area contributed by atoms with Gasteiger partial charge in [-0.3, -0.25) is 0 Å². The van der Waals surface area contributed by atoms with E-state index in [4.69, 9.17) is 10.5 Å². The Morgan fingerprint density at radius 3 is 2.95 bits per heavy atom. The number of nitrogens with zero attached hydrogens (tertiary/aromatic N) is 1. The SMILES string of the molecule is CC1CCC(CN2CCCc3cc(C(C)N)ccc32)O1. The molecule has 0 radical (unpaired) electrons. The van der Waals surface area contributed by atoms with Crippen molar-refractivity contribution in [3.63, 3.8) is 0 Å². The van der Waals surface area contributed by atoms with Gasteiger partial charge in [-0.1, -0.05) is 12.1 Å². The van der Waals surface area contributed by atoms with E-state index in [9.17, 15) is 0 Å². The molecule has 1 fully saturated rings. The predicted molar refractivity (Wildman–Crippen MR) is 83.1 cm³/mol. The van der Waals surface area contributed by atoms with E-state index in [1.165, 1.54) is 42.5 Å². The largest absolute Gasteiger partial charge is 0.373 e. The van der Waals surface area contributed by atoms with Crippen LogP contribution in [-0.2, 0) is 11.2 Å². The van der Waals surface area contributed by atoms with Gasteiger partial charge in [-0.05, 0) is 56.7 Å². The van der Waals surface area contributed by atoms with Gasteiger partial charge in [-0.2, -0.15) is 0 Å². The van der Waals surface area contributed by atoms with E-state index in [1.807, 2.05) is 0 Å². The van der Waals surface area contributed by atoms with Crippen molar-refractivity contribution in [3.05, 3.63) is 29.3 Å². The topological polar surface area (TPSA) is 38.5 Å². The molecule has 0 saturated carbocycles. The Bertz CT molecular complexity index is 472. The molecule has 3 rings (SSSR count). The third-order valence-electron chi connectivity index (χ3n) is 4.59. The number of fused-ring (bicyclic) bond motifs is 1. The van der Waals surface area contributed by atoms with Crippen LogP contribution in [0.3, 0.4) is 0 Å². The Kier molecular flexibility index (Phi) is 3.99. The molecule has 2 aliphatic heterocycles. The zero-order valence-electron chi connectivity index (χ0n) is 12.6. The van der Waals surface area contributed by atoms with E-state index in [-0.39, 0.29) is 6.04 Å². The highest BCUT2D eigenvalue weighted by atomic mass is 16.5. The maximum absolute atomic E-state index is 6.00. The normalized spacial score (nSPS) is 27.4. The van der Waals surface area contributed by atoms with Crippen LogP contribution in [0.1, 0.15) is 50.3 Å². The number of aryl methyl sites for hydroxylation is 1. The van der Waals surface area contributed by atoms with Crippen molar-refractivity contribution in [2.24, 2.45) is 5.73 Å². The molecular weight excluding hydrogens is 248 g/mol. The summed E-state index contributed by atoms with van der Waals surface area (Å²) in [6.07, 6.45) is 5.65. The zero-order valence-corrected chi connectivity index (χ0v) is 12.6. The fourth-order valence-corrected chi connectivity index (χ4v) is 3.43. The molecule has 0 spiro atoms. The van der Waals surface area contributed by atoms with Gasteiger partial charge in [0.25, 0.3) is 0 Å². The summed E-state index contributed by atoms with van der Waals surface area (Å²) in [4.78, 5) is 2.51. The number of anilines is 1. The molecule has 3 nitrogen and oxygen atoms in total. The number of hydrogen-bond donors (Lipinski definition) is 1. The molecule has 0 aromatic heterocycles. The molecular formula is C17H26N2O. The number of benzene rings is 1. The third-order valence-corrected chi connectivity index (χ3v) is 4.59. The summed E-state index contributed by atoms with van der Waals surface area (Å²) in [7, 11) is 0. The lowest BCUT2D eigenvalue weighted by Crippen LogP contribution is -2.36. The molecule has 3 atom stereocenters. The lowest BCUT2D eigenvalue weighted by molar-refractivity contribution is 0.0598. The molecule has 0 aliphatic carbocycles. The van der Waals surface area contributed by atoms with Gasteiger partial charge in [-0.25, -0.2) is 0 Å². The van der Waals surface area contributed by atoms with Crippen LogP contribution in [0, 0.1) is 0 Å². The van der Waals surface area contributed by atoms with Crippen LogP contribution >= 0.6 is 0 Å². The van der Waals surface area contributed by atoms with Crippen molar-refractivity contribution in [2.75, 3.05) is 18.0 Å². The fraction of sp³-hybridized carbons (Fsp3) is 0.647. The van der Waals surface area contributed by atoms with Crippen LogP contribution in [0.4, 0.5) is 5.69 Å². The first-order valence-electron chi connectivity index (χ1n) is 7.92. The Morgan fingerprint density at radius 2 is 2.25 bits per heavy atom. The summed E-state index contributed by atoms with van der Waals surface area (Å²) in [6, 6.07) is 6.85. The maximum atomic E-state index is 6.00. The van der Waals surface area contributed by atoms with E-state index in [1.54, 1.807) is 0 Å². The lowest BCUT2D eigenvalue weighted by Gasteiger charge is -2.33. The summed E-state index contributed by atoms with van der Waals surface area (Å²) in [5.74, 6) is 0. The van der Waals surface area contributed by atoms with Crippen molar-refractivity contribution in [3.8, 4) is 0 Å². The van der Waals surface area contributed by atoms with Gasteiger partial charge in [0.15, 0.2) is 0 Å². The van der Waals surface area contributed by atoms with Crippen LogP contribution in [-0.4, -0.2) is 25.3 Å².